The number of aryl methyl sites for hydroxylation is 1. The van der Waals surface area contributed by atoms with Crippen molar-refractivity contribution in [3.8, 4) is 11.6 Å². The lowest BCUT2D eigenvalue weighted by Gasteiger charge is -2.06. The van der Waals surface area contributed by atoms with Gasteiger partial charge >= 0.3 is 0 Å². The highest BCUT2D eigenvalue weighted by molar-refractivity contribution is 9.10. The molecule has 0 fully saturated rings. The Bertz CT molecular complexity index is 516. The molecule has 0 saturated carbocycles. The van der Waals surface area contributed by atoms with Crippen molar-refractivity contribution in [3.63, 3.8) is 0 Å². The minimum Gasteiger partial charge on any atom is -0.436 e. The molecule has 0 spiro atoms. The van der Waals surface area contributed by atoms with Crippen LogP contribution in [0.15, 0.2) is 40.9 Å². The summed E-state index contributed by atoms with van der Waals surface area (Å²) in [6.07, 6.45) is 0. The van der Waals surface area contributed by atoms with Crippen LogP contribution in [0.3, 0.4) is 0 Å². The first-order chi connectivity index (χ1) is 7.66. The monoisotopic (exact) mass is 281 g/mol. The van der Waals surface area contributed by atoms with Crippen LogP contribution < -0.4 is 4.74 Å². The maximum absolute atomic E-state index is 13.3. The lowest BCUT2D eigenvalue weighted by atomic mass is 10.3. The Morgan fingerprint density at radius 3 is 2.62 bits per heavy atom. The molecular weight excluding hydrogens is 273 g/mol. The number of halogens is 2. The summed E-state index contributed by atoms with van der Waals surface area (Å²) in [5.41, 5.74) is 0.800. The molecule has 16 heavy (non-hydrogen) atoms. The zero-order valence-electron chi connectivity index (χ0n) is 8.58. The Balaban J connectivity index is 2.28. The maximum atomic E-state index is 13.3. The molecule has 0 amide bonds. The third-order valence-electron chi connectivity index (χ3n) is 2.05. The molecule has 2 nitrogen and oxygen atoms in total. The number of hydrogen-bond acceptors (Lipinski definition) is 2. The van der Waals surface area contributed by atoms with Crippen LogP contribution in [0.1, 0.15) is 5.69 Å². The van der Waals surface area contributed by atoms with E-state index in [9.17, 15) is 4.39 Å². The van der Waals surface area contributed by atoms with E-state index in [0.29, 0.717) is 5.88 Å². The van der Waals surface area contributed by atoms with Gasteiger partial charge in [0.2, 0.25) is 5.88 Å². The molecule has 2 aromatic rings. The van der Waals surface area contributed by atoms with Gasteiger partial charge in [-0.1, -0.05) is 12.1 Å². The molecule has 1 heterocycles. The molecule has 1 aromatic heterocycles. The quantitative estimate of drug-likeness (QED) is 0.827. The summed E-state index contributed by atoms with van der Waals surface area (Å²) >= 11 is 3.34. The van der Waals surface area contributed by atoms with Crippen molar-refractivity contribution in [2.75, 3.05) is 0 Å². The molecule has 0 atom stereocenters. The van der Waals surface area contributed by atoms with Crippen molar-refractivity contribution in [1.82, 2.24) is 4.98 Å². The minimum atomic E-state index is -0.398. The van der Waals surface area contributed by atoms with Crippen LogP contribution in [0.5, 0.6) is 11.6 Å². The average Bonchev–Trinajstić information content (AvgIpc) is 2.27. The molecule has 0 aliphatic carbocycles. The molecule has 82 valence electrons. The van der Waals surface area contributed by atoms with Gasteiger partial charge in [-0.15, -0.1) is 0 Å². The summed E-state index contributed by atoms with van der Waals surface area (Å²) in [5.74, 6) is 0.160. The third-order valence-corrected chi connectivity index (χ3v) is 2.89. The fourth-order valence-electron chi connectivity index (χ4n) is 1.22. The smallest absolute Gasteiger partial charge is 0.219 e. The van der Waals surface area contributed by atoms with Crippen LogP contribution in [0.4, 0.5) is 4.39 Å². The Morgan fingerprint density at radius 2 is 1.94 bits per heavy atom. The van der Waals surface area contributed by atoms with Gasteiger partial charge in [0, 0.05) is 10.5 Å². The first-order valence-corrected chi connectivity index (χ1v) is 5.51. The van der Waals surface area contributed by atoms with Crippen LogP contribution >= 0.6 is 15.9 Å². The van der Waals surface area contributed by atoms with E-state index in [1.807, 2.05) is 13.0 Å². The van der Waals surface area contributed by atoms with E-state index in [4.69, 9.17) is 4.74 Å². The number of pyridine rings is 1. The molecule has 0 saturated heterocycles. The van der Waals surface area contributed by atoms with Crippen molar-refractivity contribution in [3.05, 3.63) is 52.4 Å². The molecule has 0 unspecified atom stereocenters. The Hall–Kier alpha value is -1.42. The summed E-state index contributed by atoms with van der Waals surface area (Å²) in [5, 5.41) is 0. The second kappa shape index (κ2) is 4.61. The van der Waals surface area contributed by atoms with Gasteiger partial charge in [0.25, 0.3) is 0 Å². The van der Waals surface area contributed by atoms with E-state index in [1.165, 1.54) is 6.07 Å². The number of aromatic nitrogens is 1. The number of rotatable bonds is 2. The van der Waals surface area contributed by atoms with Crippen LogP contribution in [-0.4, -0.2) is 4.98 Å². The highest BCUT2D eigenvalue weighted by Gasteiger charge is 2.05. The minimum absolute atomic E-state index is 0.178. The van der Waals surface area contributed by atoms with Crippen molar-refractivity contribution >= 4 is 15.9 Å². The Morgan fingerprint density at radius 1 is 1.19 bits per heavy atom. The summed E-state index contributed by atoms with van der Waals surface area (Å²) in [6, 6.07) is 9.74. The van der Waals surface area contributed by atoms with E-state index < -0.39 is 5.82 Å². The molecule has 0 aliphatic heterocycles. The Labute approximate surface area is 101 Å². The predicted molar refractivity (Wildman–Crippen MR) is 63.1 cm³/mol. The van der Waals surface area contributed by atoms with Crippen molar-refractivity contribution in [2.45, 2.75) is 6.92 Å². The van der Waals surface area contributed by atoms with Gasteiger partial charge < -0.3 is 4.74 Å². The van der Waals surface area contributed by atoms with E-state index >= 15 is 0 Å². The van der Waals surface area contributed by atoms with Gasteiger partial charge in [0.1, 0.15) is 0 Å². The fraction of sp³-hybridized carbons (Fsp3) is 0.0833. The van der Waals surface area contributed by atoms with Crippen LogP contribution in [0.2, 0.25) is 0 Å². The number of ether oxygens (including phenoxy) is 1. The van der Waals surface area contributed by atoms with Crippen LogP contribution in [0, 0.1) is 12.7 Å². The topological polar surface area (TPSA) is 22.1 Å². The maximum Gasteiger partial charge on any atom is 0.219 e. The fourth-order valence-corrected chi connectivity index (χ4v) is 1.44. The van der Waals surface area contributed by atoms with Gasteiger partial charge in [-0.05, 0) is 41.1 Å². The number of benzene rings is 1. The predicted octanol–water partition coefficient (Wildman–Crippen LogP) is 4.08. The van der Waals surface area contributed by atoms with Gasteiger partial charge in [0.05, 0.1) is 5.69 Å². The normalized spacial score (nSPS) is 10.2. The standard InChI is InChI=1S/C12H9BrFNO/c1-8-9(13)6-7-12(15-8)16-11-5-3-2-4-10(11)14/h2-7H,1H3. The Kier molecular flexibility index (Phi) is 3.19. The lowest BCUT2D eigenvalue weighted by Crippen LogP contribution is -1.92. The van der Waals surface area contributed by atoms with Gasteiger partial charge in [-0.3, -0.25) is 0 Å². The van der Waals surface area contributed by atoms with E-state index in [-0.39, 0.29) is 5.75 Å². The molecule has 4 heteroatoms. The average molecular weight is 282 g/mol. The number of hydrogen-bond donors (Lipinski definition) is 0. The first-order valence-electron chi connectivity index (χ1n) is 4.72. The number of para-hydroxylation sites is 1. The second-order valence-electron chi connectivity index (χ2n) is 3.25. The molecule has 0 radical (unpaired) electrons. The zero-order chi connectivity index (χ0) is 11.5. The van der Waals surface area contributed by atoms with Crippen molar-refractivity contribution in [1.29, 1.82) is 0 Å². The van der Waals surface area contributed by atoms with Gasteiger partial charge in [-0.25, -0.2) is 9.37 Å². The highest BCUT2D eigenvalue weighted by atomic mass is 79.9. The lowest BCUT2D eigenvalue weighted by molar-refractivity contribution is 0.426. The third kappa shape index (κ3) is 2.39. The summed E-state index contributed by atoms with van der Waals surface area (Å²) < 4.78 is 19.5. The van der Waals surface area contributed by atoms with Crippen molar-refractivity contribution < 1.29 is 9.13 Å². The zero-order valence-corrected chi connectivity index (χ0v) is 10.2. The molecule has 0 aliphatic rings. The van der Waals surface area contributed by atoms with Crippen LogP contribution in [-0.2, 0) is 0 Å². The molecule has 1 aromatic carbocycles. The van der Waals surface area contributed by atoms with Crippen molar-refractivity contribution in [2.24, 2.45) is 0 Å². The SMILES string of the molecule is Cc1nc(Oc2ccccc2F)ccc1Br. The molecule has 0 bridgehead atoms. The van der Waals surface area contributed by atoms with E-state index in [1.54, 1.807) is 24.3 Å². The molecule has 0 N–H and O–H groups in total. The van der Waals surface area contributed by atoms with Gasteiger partial charge in [0.15, 0.2) is 11.6 Å². The van der Waals surface area contributed by atoms with E-state index in [0.717, 1.165) is 10.2 Å². The summed E-state index contributed by atoms with van der Waals surface area (Å²) in [6.45, 7) is 1.85. The van der Waals surface area contributed by atoms with E-state index in [2.05, 4.69) is 20.9 Å². The summed E-state index contributed by atoms with van der Waals surface area (Å²) in [4.78, 5) is 4.17. The highest BCUT2D eigenvalue weighted by Crippen LogP contribution is 2.24. The van der Waals surface area contributed by atoms with Crippen LogP contribution in [0.25, 0.3) is 0 Å². The first kappa shape index (κ1) is 11.1. The summed E-state index contributed by atoms with van der Waals surface area (Å²) in [7, 11) is 0. The second-order valence-corrected chi connectivity index (χ2v) is 4.10. The molecular formula is C12H9BrFNO. The largest absolute Gasteiger partial charge is 0.436 e. The molecule has 2 rings (SSSR count). The van der Waals surface area contributed by atoms with Gasteiger partial charge in [-0.2, -0.15) is 0 Å². The number of nitrogens with zero attached hydrogens (tertiary/aromatic N) is 1.